The number of amides is 1. The maximum atomic E-state index is 12.9. The third-order valence-electron chi connectivity index (χ3n) is 5.51. The molecule has 0 aromatic heterocycles. The van der Waals surface area contributed by atoms with Crippen LogP contribution in [0.5, 0.6) is 5.75 Å². The Bertz CT molecular complexity index is 1130. The van der Waals surface area contributed by atoms with Crippen LogP contribution >= 0.6 is 0 Å². The average Bonchev–Trinajstić information content (AvgIpc) is 2.83. The first kappa shape index (κ1) is 27.1. The lowest BCUT2D eigenvalue weighted by atomic mass is 9.96. The summed E-state index contributed by atoms with van der Waals surface area (Å²) < 4.78 is 81.0. The minimum atomic E-state index is -4.88. The molecule has 0 unspecified atom stereocenters. The smallest absolute Gasteiger partial charge is 0.406 e. The standard InChI is InChI=1S/C26H24F6N2O2/c1-33-24(35)23(18-6-3-2-4-7-18)34-22(19-8-5-9-21(16-19)36-26(30,31)32)15-12-17-10-13-20(14-11-17)25(27,28)29/h2-11,13-14,16,22-23,34H,12,15H2,1H3,(H,33,35)/t22-,23+/m1/s1. The van der Waals surface area contributed by atoms with Gasteiger partial charge in [0.15, 0.2) is 0 Å². The Morgan fingerprint density at radius 3 is 2.08 bits per heavy atom. The van der Waals surface area contributed by atoms with Gasteiger partial charge in [0.2, 0.25) is 5.91 Å². The van der Waals surface area contributed by atoms with Gasteiger partial charge in [0.1, 0.15) is 11.8 Å². The fourth-order valence-electron chi connectivity index (χ4n) is 3.76. The van der Waals surface area contributed by atoms with E-state index in [1.165, 1.54) is 31.3 Å². The van der Waals surface area contributed by atoms with Gasteiger partial charge in [-0.25, -0.2) is 0 Å². The molecule has 192 valence electrons. The molecule has 3 aromatic rings. The van der Waals surface area contributed by atoms with Gasteiger partial charge in [-0.3, -0.25) is 10.1 Å². The Balaban J connectivity index is 1.90. The second-order valence-corrected chi connectivity index (χ2v) is 8.03. The number of aryl methyl sites for hydroxylation is 1. The van der Waals surface area contributed by atoms with Crippen molar-refractivity contribution in [2.75, 3.05) is 7.05 Å². The Morgan fingerprint density at radius 2 is 1.50 bits per heavy atom. The number of halogens is 6. The third kappa shape index (κ3) is 7.74. The van der Waals surface area contributed by atoms with Gasteiger partial charge in [0, 0.05) is 13.1 Å². The second-order valence-electron chi connectivity index (χ2n) is 8.03. The van der Waals surface area contributed by atoms with Gasteiger partial charge >= 0.3 is 12.5 Å². The average molecular weight is 510 g/mol. The molecule has 3 aromatic carbocycles. The quantitative estimate of drug-likeness (QED) is 0.330. The Kier molecular flexibility index (Phi) is 8.62. The fraction of sp³-hybridized carbons (Fsp3) is 0.269. The summed E-state index contributed by atoms with van der Waals surface area (Å²) in [6, 6.07) is 17.4. The Morgan fingerprint density at radius 1 is 0.861 bits per heavy atom. The zero-order valence-corrected chi connectivity index (χ0v) is 19.2. The van der Waals surface area contributed by atoms with Crippen LogP contribution in [0.3, 0.4) is 0 Å². The van der Waals surface area contributed by atoms with E-state index in [1.54, 1.807) is 36.4 Å². The zero-order valence-electron chi connectivity index (χ0n) is 19.2. The molecule has 3 rings (SSSR count). The maximum absolute atomic E-state index is 12.9. The largest absolute Gasteiger partial charge is 0.573 e. The first-order chi connectivity index (χ1) is 17.0. The number of nitrogens with one attached hydrogen (secondary N) is 2. The minimum Gasteiger partial charge on any atom is -0.406 e. The summed E-state index contributed by atoms with van der Waals surface area (Å²) in [7, 11) is 1.47. The normalized spacial score (nSPS) is 13.6. The van der Waals surface area contributed by atoms with E-state index < -0.39 is 35.9 Å². The summed E-state index contributed by atoms with van der Waals surface area (Å²) in [6.45, 7) is 0. The number of likely N-dealkylation sites (N-methyl/N-ethyl adjacent to an activating group) is 1. The van der Waals surface area contributed by atoms with Crippen LogP contribution in [0.15, 0.2) is 78.9 Å². The lowest BCUT2D eigenvalue weighted by Crippen LogP contribution is -2.38. The topological polar surface area (TPSA) is 50.4 Å². The van der Waals surface area contributed by atoms with Crippen molar-refractivity contribution in [2.24, 2.45) is 0 Å². The van der Waals surface area contributed by atoms with E-state index in [0.29, 0.717) is 23.1 Å². The van der Waals surface area contributed by atoms with Crippen molar-refractivity contribution in [1.29, 1.82) is 0 Å². The summed E-state index contributed by atoms with van der Waals surface area (Å²) in [4.78, 5) is 12.7. The molecule has 0 aliphatic carbocycles. The van der Waals surface area contributed by atoms with E-state index in [2.05, 4.69) is 15.4 Å². The van der Waals surface area contributed by atoms with Crippen LogP contribution in [0, 0.1) is 0 Å². The highest BCUT2D eigenvalue weighted by atomic mass is 19.4. The van der Waals surface area contributed by atoms with E-state index in [1.807, 2.05) is 0 Å². The van der Waals surface area contributed by atoms with Crippen LogP contribution in [-0.2, 0) is 17.4 Å². The predicted octanol–water partition coefficient (Wildman–Crippen LogP) is 6.35. The lowest BCUT2D eigenvalue weighted by molar-refractivity contribution is -0.274. The number of hydrogen-bond donors (Lipinski definition) is 2. The zero-order chi connectivity index (χ0) is 26.3. The molecule has 0 spiro atoms. The molecule has 0 heterocycles. The van der Waals surface area contributed by atoms with Gasteiger partial charge in [-0.2, -0.15) is 13.2 Å². The van der Waals surface area contributed by atoms with Gasteiger partial charge < -0.3 is 10.1 Å². The maximum Gasteiger partial charge on any atom is 0.573 e. The molecular formula is C26H24F6N2O2. The van der Waals surface area contributed by atoms with Crippen molar-refractivity contribution in [2.45, 2.75) is 37.5 Å². The van der Waals surface area contributed by atoms with Crippen LogP contribution in [0.2, 0.25) is 0 Å². The molecule has 4 nitrogen and oxygen atoms in total. The number of alkyl halides is 6. The number of carbonyl (C=O) groups excluding carboxylic acids is 1. The number of carbonyl (C=O) groups is 1. The molecule has 0 fully saturated rings. The second kappa shape index (κ2) is 11.5. The first-order valence-electron chi connectivity index (χ1n) is 11.0. The van der Waals surface area contributed by atoms with Crippen molar-refractivity contribution in [3.8, 4) is 5.75 Å². The Labute approximate surface area is 204 Å². The monoisotopic (exact) mass is 510 g/mol. The summed E-state index contributed by atoms with van der Waals surface area (Å²) in [5.74, 6) is -0.777. The minimum absolute atomic E-state index is 0.279. The SMILES string of the molecule is CNC(=O)[C@@H](N[C@H](CCc1ccc(C(F)(F)F)cc1)c1cccc(OC(F)(F)F)c1)c1ccccc1. The van der Waals surface area contributed by atoms with Gasteiger partial charge in [-0.05, 0) is 53.8 Å². The van der Waals surface area contributed by atoms with Gasteiger partial charge in [-0.15, -0.1) is 13.2 Å². The van der Waals surface area contributed by atoms with Crippen molar-refractivity contribution >= 4 is 5.91 Å². The summed E-state index contributed by atoms with van der Waals surface area (Å²) in [6.07, 6.45) is -8.76. The van der Waals surface area contributed by atoms with Crippen LogP contribution in [0.1, 0.15) is 40.8 Å². The number of benzene rings is 3. The first-order valence-corrected chi connectivity index (χ1v) is 11.0. The van der Waals surface area contributed by atoms with E-state index >= 15 is 0 Å². The molecule has 0 saturated carbocycles. The van der Waals surface area contributed by atoms with Gasteiger partial charge in [0.05, 0.1) is 5.56 Å². The molecule has 0 saturated heterocycles. The fourth-order valence-corrected chi connectivity index (χ4v) is 3.76. The number of ether oxygens (including phenoxy) is 1. The lowest BCUT2D eigenvalue weighted by Gasteiger charge is -2.26. The molecule has 0 radical (unpaired) electrons. The molecule has 10 heteroatoms. The molecule has 0 aliphatic heterocycles. The van der Waals surface area contributed by atoms with Gasteiger partial charge in [0.25, 0.3) is 0 Å². The molecule has 2 atom stereocenters. The summed E-state index contributed by atoms with van der Waals surface area (Å²) in [5.41, 5.74) is 0.892. The van der Waals surface area contributed by atoms with Crippen molar-refractivity contribution in [3.05, 3.63) is 101 Å². The highest BCUT2D eigenvalue weighted by molar-refractivity contribution is 5.83. The molecule has 1 amide bonds. The molecule has 0 bridgehead atoms. The third-order valence-corrected chi connectivity index (χ3v) is 5.51. The number of hydrogen-bond acceptors (Lipinski definition) is 3. The van der Waals surface area contributed by atoms with Crippen LogP contribution in [0.25, 0.3) is 0 Å². The van der Waals surface area contributed by atoms with Crippen molar-refractivity contribution in [1.82, 2.24) is 10.6 Å². The van der Waals surface area contributed by atoms with Crippen molar-refractivity contribution in [3.63, 3.8) is 0 Å². The van der Waals surface area contributed by atoms with E-state index in [-0.39, 0.29) is 12.3 Å². The van der Waals surface area contributed by atoms with E-state index in [9.17, 15) is 31.1 Å². The summed E-state index contributed by atoms with van der Waals surface area (Å²) >= 11 is 0. The van der Waals surface area contributed by atoms with Crippen LogP contribution < -0.4 is 15.4 Å². The molecule has 0 aliphatic rings. The van der Waals surface area contributed by atoms with Crippen LogP contribution in [-0.4, -0.2) is 19.3 Å². The van der Waals surface area contributed by atoms with E-state index in [4.69, 9.17) is 0 Å². The summed E-state index contributed by atoms with van der Waals surface area (Å²) in [5, 5.41) is 5.78. The molecule has 2 N–H and O–H groups in total. The van der Waals surface area contributed by atoms with Crippen molar-refractivity contribution < 1.29 is 35.9 Å². The predicted molar refractivity (Wildman–Crippen MR) is 122 cm³/mol. The van der Waals surface area contributed by atoms with Gasteiger partial charge in [-0.1, -0.05) is 54.6 Å². The Hall–Kier alpha value is -3.53. The molecule has 36 heavy (non-hydrogen) atoms. The highest BCUT2D eigenvalue weighted by Crippen LogP contribution is 2.31. The molecular weight excluding hydrogens is 486 g/mol. The van der Waals surface area contributed by atoms with E-state index in [0.717, 1.165) is 18.2 Å². The highest BCUT2D eigenvalue weighted by Gasteiger charge is 2.32. The number of rotatable bonds is 9. The van der Waals surface area contributed by atoms with Crippen LogP contribution in [0.4, 0.5) is 26.3 Å².